The molecule has 0 aromatic heterocycles. The van der Waals surface area contributed by atoms with E-state index in [1.807, 2.05) is 0 Å². The Hall–Kier alpha value is -0.550. The standard InChI is InChI=1S/C9H16N2/c1-2-8-6-9(7-8)11-5-3-4-10/h8-9,11H,2-3,5-7H2,1H3. The van der Waals surface area contributed by atoms with Crippen LogP contribution in [-0.2, 0) is 0 Å². The summed E-state index contributed by atoms with van der Waals surface area (Å²) in [4.78, 5) is 0. The van der Waals surface area contributed by atoms with E-state index in [4.69, 9.17) is 5.26 Å². The molecular formula is C9H16N2. The first-order chi connectivity index (χ1) is 5.36. The molecule has 11 heavy (non-hydrogen) atoms. The molecule has 0 aromatic rings. The smallest absolute Gasteiger partial charge is 0.0635 e. The number of rotatable bonds is 4. The van der Waals surface area contributed by atoms with Crippen molar-refractivity contribution in [1.82, 2.24) is 5.32 Å². The normalized spacial score (nSPS) is 29.1. The lowest BCUT2D eigenvalue weighted by Gasteiger charge is -2.35. The molecule has 1 rings (SSSR count). The van der Waals surface area contributed by atoms with Gasteiger partial charge >= 0.3 is 0 Å². The Kier molecular flexibility index (Phi) is 3.38. The van der Waals surface area contributed by atoms with Crippen LogP contribution in [0.4, 0.5) is 0 Å². The molecule has 1 N–H and O–H groups in total. The monoisotopic (exact) mass is 152 g/mol. The quantitative estimate of drug-likeness (QED) is 0.622. The molecule has 1 aliphatic carbocycles. The molecule has 0 bridgehead atoms. The van der Waals surface area contributed by atoms with Crippen molar-refractivity contribution in [1.29, 1.82) is 5.26 Å². The Bertz CT molecular complexity index is 142. The third kappa shape index (κ3) is 2.51. The molecule has 0 spiro atoms. The van der Waals surface area contributed by atoms with E-state index in [2.05, 4.69) is 18.3 Å². The van der Waals surface area contributed by atoms with Gasteiger partial charge in [-0.1, -0.05) is 13.3 Å². The first kappa shape index (κ1) is 8.55. The zero-order valence-electron chi connectivity index (χ0n) is 7.14. The van der Waals surface area contributed by atoms with Gasteiger partial charge in [-0.3, -0.25) is 0 Å². The summed E-state index contributed by atoms with van der Waals surface area (Å²) in [6, 6.07) is 2.85. The van der Waals surface area contributed by atoms with Crippen molar-refractivity contribution in [3.8, 4) is 6.07 Å². The fourth-order valence-corrected chi connectivity index (χ4v) is 1.57. The van der Waals surface area contributed by atoms with Gasteiger partial charge in [0.1, 0.15) is 0 Å². The Labute approximate surface area is 68.6 Å². The van der Waals surface area contributed by atoms with Gasteiger partial charge in [0.15, 0.2) is 0 Å². The van der Waals surface area contributed by atoms with Gasteiger partial charge in [-0.2, -0.15) is 5.26 Å². The van der Waals surface area contributed by atoms with Crippen LogP contribution in [0, 0.1) is 17.2 Å². The van der Waals surface area contributed by atoms with Crippen LogP contribution in [0.1, 0.15) is 32.6 Å². The lowest BCUT2D eigenvalue weighted by Crippen LogP contribution is -2.41. The lowest BCUT2D eigenvalue weighted by molar-refractivity contribution is 0.218. The number of hydrogen-bond donors (Lipinski definition) is 1. The van der Waals surface area contributed by atoms with Gasteiger partial charge in [0, 0.05) is 19.0 Å². The highest BCUT2D eigenvalue weighted by atomic mass is 14.9. The number of nitriles is 1. The summed E-state index contributed by atoms with van der Waals surface area (Å²) in [5, 5.41) is 11.6. The summed E-state index contributed by atoms with van der Waals surface area (Å²) in [7, 11) is 0. The van der Waals surface area contributed by atoms with Crippen LogP contribution in [0.25, 0.3) is 0 Å². The predicted molar refractivity (Wildman–Crippen MR) is 45.0 cm³/mol. The molecule has 0 aliphatic heterocycles. The van der Waals surface area contributed by atoms with Gasteiger partial charge in [0.2, 0.25) is 0 Å². The zero-order chi connectivity index (χ0) is 8.10. The maximum absolute atomic E-state index is 8.28. The Morgan fingerprint density at radius 2 is 2.27 bits per heavy atom. The van der Waals surface area contributed by atoms with E-state index in [1.54, 1.807) is 0 Å². The Morgan fingerprint density at radius 3 is 2.82 bits per heavy atom. The summed E-state index contributed by atoms with van der Waals surface area (Å²) < 4.78 is 0. The number of nitrogens with one attached hydrogen (secondary N) is 1. The van der Waals surface area contributed by atoms with E-state index >= 15 is 0 Å². The van der Waals surface area contributed by atoms with Crippen molar-refractivity contribution in [3.05, 3.63) is 0 Å². The van der Waals surface area contributed by atoms with Crippen LogP contribution < -0.4 is 5.32 Å². The molecule has 0 radical (unpaired) electrons. The molecule has 1 saturated carbocycles. The lowest BCUT2D eigenvalue weighted by atomic mass is 9.79. The first-order valence-corrected chi connectivity index (χ1v) is 4.47. The molecule has 0 saturated heterocycles. The maximum atomic E-state index is 8.28. The van der Waals surface area contributed by atoms with Crippen molar-refractivity contribution in [3.63, 3.8) is 0 Å². The second-order valence-corrected chi connectivity index (χ2v) is 3.30. The SMILES string of the molecule is CCC1CC(NCCC#N)C1. The molecule has 2 heteroatoms. The van der Waals surface area contributed by atoms with E-state index in [0.717, 1.165) is 12.5 Å². The minimum atomic E-state index is 0.646. The van der Waals surface area contributed by atoms with Crippen molar-refractivity contribution in [2.24, 2.45) is 5.92 Å². The van der Waals surface area contributed by atoms with Gasteiger partial charge in [-0.15, -0.1) is 0 Å². The molecule has 0 atom stereocenters. The van der Waals surface area contributed by atoms with E-state index < -0.39 is 0 Å². The van der Waals surface area contributed by atoms with E-state index in [0.29, 0.717) is 12.5 Å². The highest BCUT2D eigenvalue weighted by Gasteiger charge is 2.26. The molecule has 2 nitrogen and oxygen atoms in total. The van der Waals surface area contributed by atoms with Crippen LogP contribution in [0.2, 0.25) is 0 Å². The second-order valence-electron chi connectivity index (χ2n) is 3.30. The molecule has 0 unspecified atom stereocenters. The highest BCUT2D eigenvalue weighted by Crippen LogP contribution is 2.29. The van der Waals surface area contributed by atoms with Crippen molar-refractivity contribution < 1.29 is 0 Å². The van der Waals surface area contributed by atoms with Crippen LogP contribution in [0.5, 0.6) is 0 Å². The largest absolute Gasteiger partial charge is 0.313 e. The maximum Gasteiger partial charge on any atom is 0.0635 e. The number of hydrogen-bond acceptors (Lipinski definition) is 2. The number of nitrogens with zero attached hydrogens (tertiary/aromatic N) is 1. The summed E-state index contributed by atoms with van der Waals surface area (Å²) in [6.45, 7) is 3.12. The fourth-order valence-electron chi connectivity index (χ4n) is 1.57. The van der Waals surface area contributed by atoms with Crippen LogP contribution in [0.3, 0.4) is 0 Å². The molecular weight excluding hydrogens is 136 g/mol. The molecule has 0 heterocycles. The average Bonchev–Trinajstić information content (AvgIpc) is 1.94. The van der Waals surface area contributed by atoms with E-state index in [1.165, 1.54) is 19.3 Å². The fraction of sp³-hybridized carbons (Fsp3) is 0.889. The summed E-state index contributed by atoms with van der Waals surface area (Å²) in [5.74, 6) is 0.953. The minimum absolute atomic E-state index is 0.646. The zero-order valence-corrected chi connectivity index (χ0v) is 7.14. The van der Waals surface area contributed by atoms with Crippen LogP contribution in [0.15, 0.2) is 0 Å². The van der Waals surface area contributed by atoms with E-state index in [-0.39, 0.29) is 0 Å². The second kappa shape index (κ2) is 4.35. The van der Waals surface area contributed by atoms with E-state index in [9.17, 15) is 0 Å². The molecule has 1 aliphatic rings. The average molecular weight is 152 g/mol. The van der Waals surface area contributed by atoms with Crippen LogP contribution >= 0.6 is 0 Å². The van der Waals surface area contributed by atoms with Gasteiger partial charge in [0.25, 0.3) is 0 Å². The summed E-state index contributed by atoms with van der Waals surface area (Å²) in [5.41, 5.74) is 0. The molecule has 62 valence electrons. The predicted octanol–water partition coefficient (Wildman–Crippen LogP) is 1.68. The van der Waals surface area contributed by atoms with Gasteiger partial charge < -0.3 is 5.32 Å². The Morgan fingerprint density at radius 1 is 1.55 bits per heavy atom. The highest BCUT2D eigenvalue weighted by molar-refractivity contribution is 4.85. The van der Waals surface area contributed by atoms with Crippen molar-refractivity contribution in [2.75, 3.05) is 6.54 Å². The van der Waals surface area contributed by atoms with Crippen molar-refractivity contribution in [2.45, 2.75) is 38.6 Å². The topological polar surface area (TPSA) is 35.8 Å². The van der Waals surface area contributed by atoms with Crippen LogP contribution in [-0.4, -0.2) is 12.6 Å². The molecule has 1 fully saturated rings. The molecule has 0 amide bonds. The van der Waals surface area contributed by atoms with Gasteiger partial charge in [0.05, 0.1) is 6.07 Å². The molecule has 0 aromatic carbocycles. The minimum Gasteiger partial charge on any atom is -0.313 e. The first-order valence-electron chi connectivity index (χ1n) is 4.47. The summed E-state index contributed by atoms with van der Waals surface area (Å²) >= 11 is 0. The Balaban J connectivity index is 1.93. The van der Waals surface area contributed by atoms with Gasteiger partial charge in [-0.05, 0) is 18.8 Å². The third-order valence-electron chi connectivity index (χ3n) is 2.48. The summed E-state index contributed by atoms with van der Waals surface area (Å²) in [6.07, 6.45) is 4.60. The van der Waals surface area contributed by atoms with Crippen molar-refractivity contribution >= 4 is 0 Å². The third-order valence-corrected chi connectivity index (χ3v) is 2.48. The van der Waals surface area contributed by atoms with Gasteiger partial charge in [-0.25, -0.2) is 0 Å².